The van der Waals surface area contributed by atoms with Gasteiger partial charge in [0.25, 0.3) is 0 Å². The zero-order valence-corrected chi connectivity index (χ0v) is 30.6. The summed E-state index contributed by atoms with van der Waals surface area (Å²) in [6.07, 6.45) is 26.2. The van der Waals surface area contributed by atoms with E-state index in [2.05, 4.69) is 91.8 Å². The summed E-state index contributed by atoms with van der Waals surface area (Å²) in [7, 11) is 0. The van der Waals surface area contributed by atoms with Crippen LogP contribution in [-0.4, -0.2) is 3.21 Å². The Morgan fingerprint density at radius 2 is 1.33 bits per heavy atom. The fraction of sp³-hybridized carbons (Fsp3) is 0.585. The first kappa shape index (κ1) is 33.6. The maximum atomic E-state index is 3.69. The van der Waals surface area contributed by atoms with Crippen LogP contribution >= 0.6 is 0 Å². The van der Waals surface area contributed by atoms with Gasteiger partial charge in [0, 0.05) is 0 Å². The number of aryl methyl sites for hydroxylation is 2. The predicted molar refractivity (Wildman–Crippen MR) is 180 cm³/mol. The molecule has 0 saturated heterocycles. The molecule has 2 aromatic carbocycles. The van der Waals surface area contributed by atoms with Crippen LogP contribution in [0.5, 0.6) is 0 Å². The van der Waals surface area contributed by atoms with Gasteiger partial charge in [0.2, 0.25) is 0 Å². The molecule has 2 aromatic rings. The first-order valence-corrected chi connectivity index (χ1v) is 18.0. The zero-order chi connectivity index (χ0) is 30.5. The van der Waals surface area contributed by atoms with E-state index < -0.39 is 0 Å². The quantitative estimate of drug-likeness (QED) is 0.249. The summed E-state index contributed by atoms with van der Waals surface area (Å²) in [6, 6.07) is 10.9. The predicted octanol–water partition coefficient (Wildman–Crippen LogP) is 11.4. The molecule has 224 valence electrons. The van der Waals surface area contributed by atoms with Crippen LogP contribution in [0.2, 0.25) is 0 Å². The van der Waals surface area contributed by atoms with Crippen LogP contribution in [0.15, 0.2) is 36.4 Å². The minimum atomic E-state index is 0.163. The zero-order valence-electron chi connectivity index (χ0n) is 28.1. The first-order valence-electron chi connectivity index (χ1n) is 16.8. The van der Waals surface area contributed by atoms with E-state index in [4.69, 9.17) is 0 Å². The van der Waals surface area contributed by atoms with Crippen LogP contribution < -0.4 is 0 Å². The first-order chi connectivity index (χ1) is 19.8. The van der Waals surface area contributed by atoms with Gasteiger partial charge in [0.15, 0.2) is 0 Å². The number of hydrogen-bond acceptors (Lipinski definition) is 0. The summed E-state index contributed by atoms with van der Waals surface area (Å²) in [5.74, 6) is 2.18. The molecule has 0 N–H and O–H groups in total. The molecule has 0 aliphatic heterocycles. The van der Waals surface area contributed by atoms with E-state index in [1.807, 2.05) is 15.4 Å². The normalized spacial score (nSPS) is 18.0. The maximum absolute atomic E-state index is 3.69. The van der Waals surface area contributed by atoms with Crippen molar-refractivity contribution in [2.24, 2.45) is 11.8 Å². The SMILES string of the molecule is Cc1[c-]c2c(cc1C(C)(C)C)-c1cc(C(C)(C)C)c(C)cc1C2.[C-]1=CC=CC1.[Zr+2]=[C](CC1CCCC1)CC1CCCC1. The molecule has 0 unspecified atom stereocenters. The molecule has 2 fully saturated rings. The molecular weight excluding hydrogens is 584 g/mol. The van der Waals surface area contributed by atoms with E-state index in [-0.39, 0.29) is 10.8 Å². The van der Waals surface area contributed by atoms with Crippen LogP contribution in [0.3, 0.4) is 0 Å². The summed E-state index contributed by atoms with van der Waals surface area (Å²) in [5.41, 5.74) is 11.6. The van der Waals surface area contributed by atoms with Crippen LogP contribution in [-0.2, 0) is 41.5 Å². The van der Waals surface area contributed by atoms with Crippen molar-refractivity contribution in [3.8, 4) is 11.1 Å². The molecule has 0 amide bonds. The molecule has 6 rings (SSSR count). The van der Waals surface area contributed by atoms with E-state index in [0.29, 0.717) is 0 Å². The summed E-state index contributed by atoms with van der Waals surface area (Å²) in [6.45, 7) is 18.2. The average Bonchev–Trinajstić information content (AvgIpc) is 3.71. The third kappa shape index (κ3) is 9.10. The van der Waals surface area contributed by atoms with E-state index in [9.17, 15) is 0 Å². The Morgan fingerprint density at radius 1 is 0.786 bits per heavy atom. The average molecular weight is 640 g/mol. The topological polar surface area (TPSA) is 0 Å². The van der Waals surface area contributed by atoms with Crippen molar-refractivity contribution in [1.82, 2.24) is 0 Å². The van der Waals surface area contributed by atoms with Crippen molar-refractivity contribution >= 4 is 3.21 Å². The summed E-state index contributed by atoms with van der Waals surface area (Å²) < 4.78 is 1.90. The second kappa shape index (κ2) is 14.6. The Bertz CT molecular complexity index is 1180. The standard InChI is InChI=1S/C23H29.C13H22.C5H5.Zr/c1-14-9-16-11-17-10-15(2)21(23(6,7)8)13-19(17)18(16)12-20(14)22(3,4)5;1-2-7-12(6-1)10-5-11-13-8-3-4-9-13;1-2-4-5-3-1;/h9,12-13H,11H2,1-8H3;12-13H,1-4,6-11H2;1-3H,4H2;/q-1;;-1;+2. The van der Waals surface area contributed by atoms with Crippen LogP contribution in [0.4, 0.5) is 0 Å². The number of fused-ring (bicyclic) bond motifs is 3. The molecular formula is C41H56Zr. The van der Waals surface area contributed by atoms with Gasteiger partial charge in [-0.15, -0.1) is 23.1 Å². The van der Waals surface area contributed by atoms with E-state index in [1.54, 1.807) is 24.2 Å². The number of benzene rings is 2. The number of hydrogen-bond donors (Lipinski definition) is 0. The van der Waals surface area contributed by atoms with Crippen molar-refractivity contribution in [3.63, 3.8) is 0 Å². The van der Waals surface area contributed by atoms with Gasteiger partial charge < -0.3 is 0 Å². The fourth-order valence-electron chi connectivity index (χ4n) is 7.57. The van der Waals surface area contributed by atoms with Gasteiger partial charge >= 0.3 is 103 Å². The molecule has 0 atom stereocenters. The Morgan fingerprint density at radius 3 is 1.79 bits per heavy atom. The Kier molecular flexibility index (Phi) is 11.7. The molecule has 0 nitrogen and oxygen atoms in total. The molecule has 0 spiro atoms. The fourth-order valence-corrected chi connectivity index (χ4v) is 8.99. The van der Waals surface area contributed by atoms with Gasteiger partial charge in [-0.1, -0.05) is 71.6 Å². The van der Waals surface area contributed by atoms with Gasteiger partial charge in [-0.25, -0.2) is 12.2 Å². The van der Waals surface area contributed by atoms with Gasteiger partial charge in [0.1, 0.15) is 0 Å². The molecule has 2 saturated carbocycles. The van der Waals surface area contributed by atoms with Crippen molar-refractivity contribution < 1.29 is 24.2 Å². The molecule has 4 aliphatic carbocycles. The van der Waals surface area contributed by atoms with E-state index in [0.717, 1.165) is 24.7 Å². The summed E-state index contributed by atoms with van der Waals surface area (Å²) in [4.78, 5) is 0. The number of allylic oxidation sites excluding steroid dienone is 4. The second-order valence-corrected chi connectivity index (χ2v) is 17.3. The Hall–Kier alpha value is -1.33. The van der Waals surface area contributed by atoms with Crippen molar-refractivity contribution in [3.05, 3.63) is 82.0 Å². The van der Waals surface area contributed by atoms with Gasteiger partial charge in [-0.3, -0.25) is 6.08 Å². The number of rotatable bonds is 4. The Balaban J connectivity index is 0.000000179. The minimum absolute atomic E-state index is 0.163. The third-order valence-electron chi connectivity index (χ3n) is 9.69. The molecule has 0 aromatic heterocycles. The van der Waals surface area contributed by atoms with E-state index >= 15 is 0 Å². The molecule has 1 heteroatoms. The molecule has 4 aliphatic rings. The molecule has 0 heterocycles. The van der Waals surface area contributed by atoms with Crippen LogP contribution in [0, 0.1) is 37.8 Å². The van der Waals surface area contributed by atoms with Crippen molar-refractivity contribution in [2.45, 2.75) is 143 Å². The van der Waals surface area contributed by atoms with Crippen LogP contribution in [0.1, 0.15) is 146 Å². The monoisotopic (exact) mass is 638 g/mol. The summed E-state index contributed by atoms with van der Waals surface area (Å²) >= 11 is 1.74. The van der Waals surface area contributed by atoms with Gasteiger partial charge in [0.05, 0.1) is 0 Å². The Labute approximate surface area is 274 Å². The van der Waals surface area contributed by atoms with Crippen molar-refractivity contribution in [2.75, 3.05) is 0 Å². The molecule has 0 bridgehead atoms. The van der Waals surface area contributed by atoms with Crippen molar-refractivity contribution in [1.29, 1.82) is 0 Å². The second-order valence-electron chi connectivity index (χ2n) is 15.5. The van der Waals surface area contributed by atoms with Gasteiger partial charge in [-0.05, 0) is 35.4 Å². The summed E-state index contributed by atoms with van der Waals surface area (Å²) in [5, 5.41) is 0. The molecule has 0 radical (unpaired) electrons. The third-order valence-corrected chi connectivity index (χ3v) is 10.7. The molecule has 42 heavy (non-hydrogen) atoms. The van der Waals surface area contributed by atoms with Crippen LogP contribution in [0.25, 0.3) is 11.1 Å². The van der Waals surface area contributed by atoms with Gasteiger partial charge in [-0.2, -0.15) is 23.8 Å². The van der Waals surface area contributed by atoms with E-state index in [1.165, 1.54) is 109 Å².